The summed E-state index contributed by atoms with van der Waals surface area (Å²) in [7, 11) is 0. The number of nitrogens with one attached hydrogen (secondary N) is 1. The lowest BCUT2D eigenvalue weighted by molar-refractivity contribution is -0.385. The molecule has 0 aliphatic rings. The number of primary amides is 1. The highest BCUT2D eigenvalue weighted by molar-refractivity contribution is 5.93. The summed E-state index contributed by atoms with van der Waals surface area (Å²) in [6.45, 7) is 3.35. The Bertz CT molecular complexity index is 934. The average Bonchev–Trinajstić information content (AvgIpc) is 2.62. The molecule has 2 aromatic rings. The number of aryl methyl sites for hydroxylation is 1. The summed E-state index contributed by atoms with van der Waals surface area (Å²) in [6.07, 6.45) is 1.81. The first kappa shape index (κ1) is 19.8. The summed E-state index contributed by atoms with van der Waals surface area (Å²) >= 11 is 0. The lowest BCUT2D eigenvalue weighted by Crippen LogP contribution is -2.36. The van der Waals surface area contributed by atoms with Gasteiger partial charge < -0.3 is 11.1 Å². The summed E-state index contributed by atoms with van der Waals surface area (Å²) in [5.74, 6) is -1.62. The monoisotopic (exact) mass is 372 g/mol. The van der Waals surface area contributed by atoms with Gasteiger partial charge in [0.25, 0.3) is 17.2 Å². The molecule has 2 amide bonds. The Labute approximate surface area is 155 Å². The Balaban J connectivity index is 2.20. The maximum atomic E-state index is 12.3. The molecule has 3 N–H and O–H groups in total. The molecule has 1 atom stereocenters. The van der Waals surface area contributed by atoms with Gasteiger partial charge in [0.15, 0.2) is 0 Å². The number of nitrogens with zero attached hydrogens (tertiary/aromatic N) is 2. The topological polar surface area (TPSA) is 137 Å². The van der Waals surface area contributed by atoms with Gasteiger partial charge in [-0.15, -0.1) is 0 Å². The molecule has 0 aliphatic carbocycles. The standard InChI is InChI=1S/C18H20N4O5/c1-3-12-4-6-13(7-5-12)11(2)20-16(23)10-21-9-14(22(26)27)8-15(17(19)24)18(21)25/h4-9,11H,3,10H2,1-2H3,(H2,19,24)(H,20,23). The van der Waals surface area contributed by atoms with Crippen LogP contribution in [-0.4, -0.2) is 21.3 Å². The van der Waals surface area contributed by atoms with E-state index in [1.807, 2.05) is 31.2 Å². The summed E-state index contributed by atoms with van der Waals surface area (Å²) in [6, 6.07) is 8.19. The van der Waals surface area contributed by atoms with Crippen molar-refractivity contribution in [3.05, 3.63) is 73.7 Å². The molecule has 1 aromatic heterocycles. The number of pyridine rings is 1. The molecule has 1 aromatic carbocycles. The number of nitrogens with two attached hydrogens (primary N) is 1. The van der Waals surface area contributed by atoms with E-state index in [-0.39, 0.29) is 6.04 Å². The summed E-state index contributed by atoms with van der Waals surface area (Å²) in [5.41, 5.74) is 5.23. The fourth-order valence-electron chi connectivity index (χ4n) is 2.58. The Hall–Kier alpha value is -3.49. The second-order valence-corrected chi connectivity index (χ2v) is 6.05. The van der Waals surface area contributed by atoms with Gasteiger partial charge >= 0.3 is 0 Å². The second-order valence-electron chi connectivity index (χ2n) is 6.05. The van der Waals surface area contributed by atoms with Crippen LogP contribution in [0.5, 0.6) is 0 Å². The minimum atomic E-state index is -1.10. The van der Waals surface area contributed by atoms with E-state index in [1.54, 1.807) is 6.92 Å². The van der Waals surface area contributed by atoms with E-state index >= 15 is 0 Å². The zero-order chi connectivity index (χ0) is 20.1. The molecule has 0 saturated heterocycles. The Morgan fingerprint density at radius 2 is 1.93 bits per heavy atom. The molecule has 0 radical (unpaired) electrons. The van der Waals surface area contributed by atoms with Crippen LogP contribution in [0.25, 0.3) is 0 Å². The zero-order valence-corrected chi connectivity index (χ0v) is 15.0. The lowest BCUT2D eigenvalue weighted by Gasteiger charge is -2.15. The molecule has 0 spiro atoms. The highest BCUT2D eigenvalue weighted by Gasteiger charge is 2.19. The van der Waals surface area contributed by atoms with E-state index in [9.17, 15) is 24.5 Å². The number of nitro groups is 1. The Morgan fingerprint density at radius 3 is 2.44 bits per heavy atom. The van der Waals surface area contributed by atoms with Crippen LogP contribution in [0.15, 0.2) is 41.3 Å². The van der Waals surface area contributed by atoms with Gasteiger partial charge in [0.2, 0.25) is 5.91 Å². The number of rotatable bonds is 7. The van der Waals surface area contributed by atoms with Crippen LogP contribution in [0.1, 0.15) is 41.4 Å². The quantitative estimate of drug-likeness (QED) is 0.557. The van der Waals surface area contributed by atoms with Gasteiger partial charge in [0.1, 0.15) is 12.1 Å². The lowest BCUT2D eigenvalue weighted by atomic mass is 10.1. The first-order valence-electron chi connectivity index (χ1n) is 8.29. The minimum Gasteiger partial charge on any atom is -0.365 e. The predicted octanol–water partition coefficient (Wildman–Crippen LogP) is 1.30. The minimum absolute atomic E-state index is 0.326. The molecule has 142 valence electrons. The predicted molar refractivity (Wildman–Crippen MR) is 98.3 cm³/mol. The van der Waals surface area contributed by atoms with Crippen LogP contribution in [0.2, 0.25) is 0 Å². The molecular formula is C18H20N4O5. The number of aromatic nitrogens is 1. The highest BCUT2D eigenvalue weighted by Crippen LogP contribution is 2.14. The average molecular weight is 372 g/mol. The van der Waals surface area contributed by atoms with Crippen molar-refractivity contribution >= 4 is 17.5 Å². The number of carbonyl (C=O) groups excluding carboxylic acids is 2. The van der Waals surface area contributed by atoms with Gasteiger partial charge in [0.05, 0.1) is 17.2 Å². The number of carbonyl (C=O) groups is 2. The summed E-state index contributed by atoms with van der Waals surface area (Å²) in [4.78, 5) is 46.0. The van der Waals surface area contributed by atoms with E-state index in [1.165, 1.54) is 5.56 Å². The van der Waals surface area contributed by atoms with Crippen molar-refractivity contribution in [3.63, 3.8) is 0 Å². The first-order valence-corrected chi connectivity index (χ1v) is 8.29. The van der Waals surface area contributed by atoms with Crippen molar-refractivity contribution < 1.29 is 14.5 Å². The van der Waals surface area contributed by atoms with Gasteiger partial charge in [0, 0.05) is 6.07 Å². The fourth-order valence-corrected chi connectivity index (χ4v) is 2.58. The van der Waals surface area contributed by atoms with E-state index in [2.05, 4.69) is 5.32 Å². The zero-order valence-electron chi connectivity index (χ0n) is 15.0. The molecule has 0 bridgehead atoms. The van der Waals surface area contributed by atoms with Crippen molar-refractivity contribution in [2.24, 2.45) is 5.73 Å². The molecular weight excluding hydrogens is 352 g/mol. The first-order chi connectivity index (χ1) is 12.7. The molecule has 1 unspecified atom stereocenters. The Kier molecular flexibility index (Phi) is 6.07. The number of hydrogen-bond donors (Lipinski definition) is 2. The maximum absolute atomic E-state index is 12.3. The number of benzene rings is 1. The largest absolute Gasteiger partial charge is 0.365 e. The number of hydrogen-bond acceptors (Lipinski definition) is 5. The highest BCUT2D eigenvalue weighted by atomic mass is 16.6. The molecule has 0 saturated carbocycles. The maximum Gasteiger partial charge on any atom is 0.286 e. The van der Waals surface area contributed by atoms with Crippen LogP contribution in [0, 0.1) is 10.1 Å². The van der Waals surface area contributed by atoms with E-state index in [0.29, 0.717) is 0 Å². The fraction of sp³-hybridized carbons (Fsp3) is 0.278. The second kappa shape index (κ2) is 8.26. The molecule has 27 heavy (non-hydrogen) atoms. The van der Waals surface area contributed by atoms with Gasteiger partial charge in [-0.1, -0.05) is 31.2 Å². The van der Waals surface area contributed by atoms with Crippen LogP contribution in [0.3, 0.4) is 0 Å². The van der Waals surface area contributed by atoms with E-state index < -0.39 is 40.1 Å². The molecule has 1 heterocycles. The molecule has 0 aliphatic heterocycles. The van der Waals surface area contributed by atoms with Gasteiger partial charge in [-0.05, 0) is 24.5 Å². The van der Waals surface area contributed by atoms with Crippen molar-refractivity contribution in [1.29, 1.82) is 0 Å². The van der Waals surface area contributed by atoms with Crippen molar-refractivity contribution in [3.8, 4) is 0 Å². The van der Waals surface area contributed by atoms with Crippen LogP contribution in [-0.2, 0) is 17.8 Å². The molecule has 0 fully saturated rings. The van der Waals surface area contributed by atoms with Crippen LogP contribution >= 0.6 is 0 Å². The van der Waals surface area contributed by atoms with Crippen molar-refractivity contribution in [2.45, 2.75) is 32.9 Å². The molecule has 9 heteroatoms. The Morgan fingerprint density at radius 1 is 1.30 bits per heavy atom. The normalized spacial score (nSPS) is 11.6. The third-order valence-corrected chi connectivity index (χ3v) is 4.13. The van der Waals surface area contributed by atoms with E-state index in [4.69, 9.17) is 5.73 Å². The van der Waals surface area contributed by atoms with Crippen molar-refractivity contribution in [2.75, 3.05) is 0 Å². The smallest absolute Gasteiger partial charge is 0.286 e. The third kappa shape index (κ3) is 4.78. The van der Waals surface area contributed by atoms with Gasteiger partial charge in [-0.3, -0.25) is 29.1 Å². The molecule has 2 rings (SSSR count). The van der Waals surface area contributed by atoms with Gasteiger partial charge in [-0.25, -0.2) is 0 Å². The van der Waals surface area contributed by atoms with Crippen molar-refractivity contribution in [1.82, 2.24) is 9.88 Å². The SMILES string of the molecule is CCc1ccc(C(C)NC(=O)Cn2cc([N+](=O)[O-])cc(C(N)=O)c2=O)cc1. The third-order valence-electron chi connectivity index (χ3n) is 4.13. The van der Waals surface area contributed by atoms with E-state index in [0.717, 1.165) is 28.8 Å². The summed E-state index contributed by atoms with van der Waals surface area (Å²) in [5, 5.41) is 13.7. The van der Waals surface area contributed by atoms with Crippen LogP contribution < -0.4 is 16.6 Å². The molecule has 9 nitrogen and oxygen atoms in total. The van der Waals surface area contributed by atoms with Crippen LogP contribution in [0.4, 0.5) is 5.69 Å². The van der Waals surface area contributed by atoms with Gasteiger partial charge in [-0.2, -0.15) is 0 Å². The summed E-state index contributed by atoms with van der Waals surface area (Å²) < 4.78 is 0.806. The number of amides is 2.